The van der Waals surface area contributed by atoms with Gasteiger partial charge in [-0.15, -0.1) is 0 Å². The van der Waals surface area contributed by atoms with Crippen LogP contribution in [-0.2, 0) is 6.42 Å². The number of likely N-dealkylation sites (tertiary alicyclic amines) is 1. The van der Waals surface area contributed by atoms with Crippen LogP contribution in [0.5, 0.6) is 0 Å². The summed E-state index contributed by atoms with van der Waals surface area (Å²) in [6, 6.07) is 7.65. The molecule has 1 saturated heterocycles. The number of para-hydroxylation sites is 1. The number of aryl methyl sites for hydroxylation is 1. The highest BCUT2D eigenvalue weighted by atomic mass is 35.5. The number of carbonyl (C=O) groups excluding carboxylic acids is 1. The van der Waals surface area contributed by atoms with E-state index in [9.17, 15) is 9.18 Å². The average Bonchev–Trinajstić information content (AvgIpc) is 3.11. The molecule has 0 bridgehead atoms. The molecule has 1 fully saturated rings. The van der Waals surface area contributed by atoms with Gasteiger partial charge in [-0.25, -0.2) is 14.4 Å². The van der Waals surface area contributed by atoms with Gasteiger partial charge < -0.3 is 15.2 Å². The van der Waals surface area contributed by atoms with Crippen LogP contribution in [0.4, 0.5) is 10.2 Å². The summed E-state index contributed by atoms with van der Waals surface area (Å²) in [7, 11) is 0. The molecule has 30 heavy (non-hydrogen) atoms. The quantitative estimate of drug-likeness (QED) is 0.597. The van der Waals surface area contributed by atoms with E-state index in [-0.39, 0.29) is 17.5 Å². The van der Waals surface area contributed by atoms with Crippen molar-refractivity contribution in [2.24, 2.45) is 5.92 Å². The fourth-order valence-electron chi connectivity index (χ4n) is 4.01. The number of amides is 1. The van der Waals surface area contributed by atoms with Gasteiger partial charge >= 0.3 is 0 Å². The third-order valence-electron chi connectivity index (χ3n) is 5.80. The standard InChI is InChI=1S/C22H25ClFN5O/c1-2-16-19(24)21(27-13-26-16)25-10-7-14-8-11-29(12-9-14)22(30)20-18(23)15-5-3-4-6-17(15)28-20/h3-6,13-14,28H,2,7-12H2,1H3,(H,25,26,27). The molecule has 0 unspecified atom stereocenters. The molecule has 2 N–H and O–H groups in total. The van der Waals surface area contributed by atoms with Gasteiger partial charge in [-0.2, -0.15) is 0 Å². The van der Waals surface area contributed by atoms with Crippen molar-refractivity contribution in [1.29, 1.82) is 0 Å². The molecular weight excluding hydrogens is 405 g/mol. The van der Waals surface area contributed by atoms with Crippen LogP contribution in [0, 0.1) is 11.7 Å². The number of aromatic amines is 1. The van der Waals surface area contributed by atoms with E-state index in [1.807, 2.05) is 36.1 Å². The number of aromatic nitrogens is 3. The number of carbonyl (C=O) groups is 1. The second kappa shape index (κ2) is 9.00. The number of rotatable bonds is 6. The number of anilines is 1. The van der Waals surface area contributed by atoms with Crippen LogP contribution in [0.25, 0.3) is 10.9 Å². The first kappa shape index (κ1) is 20.6. The third kappa shape index (κ3) is 4.12. The van der Waals surface area contributed by atoms with Gasteiger partial charge in [0.1, 0.15) is 12.0 Å². The first-order chi connectivity index (χ1) is 14.6. The Morgan fingerprint density at radius 2 is 2.07 bits per heavy atom. The number of halogens is 2. The minimum absolute atomic E-state index is 0.0528. The predicted molar refractivity (Wildman–Crippen MR) is 116 cm³/mol. The molecule has 6 nitrogen and oxygen atoms in total. The number of nitrogens with zero attached hydrogens (tertiary/aromatic N) is 3. The molecule has 2 aromatic heterocycles. The Morgan fingerprint density at radius 3 is 2.80 bits per heavy atom. The SMILES string of the molecule is CCc1ncnc(NCCC2CCN(C(=O)c3[nH]c4ccccc4c3Cl)CC2)c1F. The number of fused-ring (bicyclic) bond motifs is 1. The molecule has 1 amide bonds. The van der Waals surface area contributed by atoms with Crippen LogP contribution >= 0.6 is 11.6 Å². The molecule has 3 heterocycles. The van der Waals surface area contributed by atoms with Gasteiger partial charge in [0, 0.05) is 30.5 Å². The molecule has 0 saturated carbocycles. The van der Waals surface area contributed by atoms with Crippen molar-refractivity contribution >= 4 is 34.2 Å². The zero-order chi connectivity index (χ0) is 21.1. The van der Waals surface area contributed by atoms with Gasteiger partial charge in [-0.05, 0) is 37.7 Å². The molecule has 3 aromatic rings. The highest BCUT2D eigenvalue weighted by molar-refractivity contribution is 6.38. The number of benzene rings is 1. The fourth-order valence-corrected chi connectivity index (χ4v) is 4.30. The summed E-state index contributed by atoms with van der Waals surface area (Å²) in [5.41, 5.74) is 1.76. The van der Waals surface area contributed by atoms with Crippen LogP contribution < -0.4 is 5.32 Å². The topological polar surface area (TPSA) is 73.9 Å². The molecule has 0 atom stereocenters. The van der Waals surface area contributed by atoms with Crippen molar-refractivity contribution in [2.45, 2.75) is 32.6 Å². The predicted octanol–water partition coefficient (Wildman–Crippen LogP) is 4.67. The van der Waals surface area contributed by atoms with Crippen LogP contribution in [0.3, 0.4) is 0 Å². The number of H-pyrrole nitrogens is 1. The van der Waals surface area contributed by atoms with Gasteiger partial charge in [0.05, 0.1) is 10.7 Å². The number of hydrogen-bond acceptors (Lipinski definition) is 4. The van der Waals surface area contributed by atoms with Crippen molar-refractivity contribution in [3.05, 3.63) is 52.8 Å². The summed E-state index contributed by atoms with van der Waals surface area (Å²) in [6.07, 6.45) is 4.66. The Balaban J connectivity index is 1.29. The maximum absolute atomic E-state index is 14.2. The Hall–Kier alpha value is -2.67. The van der Waals surface area contributed by atoms with Crippen LogP contribution in [-0.4, -0.2) is 45.4 Å². The lowest BCUT2D eigenvalue weighted by atomic mass is 9.93. The van der Waals surface area contributed by atoms with E-state index < -0.39 is 0 Å². The summed E-state index contributed by atoms with van der Waals surface area (Å²) >= 11 is 6.43. The van der Waals surface area contributed by atoms with Crippen LogP contribution in [0.15, 0.2) is 30.6 Å². The molecule has 4 rings (SSSR count). The van der Waals surface area contributed by atoms with E-state index in [4.69, 9.17) is 11.6 Å². The Morgan fingerprint density at radius 1 is 1.30 bits per heavy atom. The summed E-state index contributed by atoms with van der Waals surface area (Å²) in [5.74, 6) is 0.330. The van der Waals surface area contributed by atoms with E-state index in [2.05, 4.69) is 20.3 Å². The van der Waals surface area contributed by atoms with Gasteiger partial charge in [0.15, 0.2) is 11.6 Å². The second-order valence-corrected chi connectivity index (χ2v) is 8.03. The zero-order valence-electron chi connectivity index (χ0n) is 16.9. The van der Waals surface area contributed by atoms with Gasteiger partial charge in [0.2, 0.25) is 0 Å². The molecular formula is C22H25ClFN5O. The minimum Gasteiger partial charge on any atom is -0.368 e. The molecule has 0 radical (unpaired) electrons. The van der Waals surface area contributed by atoms with Gasteiger partial charge in [0.25, 0.3) is 5.91 Å². The summed E-state index contributed by atoms with van der Waals surface area (Å²) in [4.78, 5) is 25.9. The molecule has 1 aliphatic rings. The van der Waals surface area contributed by atoms with E-state index in [0.29, 0.717) is 48.4 Å². The second-order valence-electron chi connectivity index (χ2n) is 7.65. The van der Waals surface area contributed by atoms with Crippen molar-refractivity contribution in [3.8, 4) is 0 Å². The van der Waals surface area contributed by atoms with Crippen molar-refractivity contribution < 1.29 is 9.18 Å². The molecule has 0 spiro atoms. The van der Waals surface area contributed by atoms with E-state index in [0.717, 1.165) is 30.2 Å². The van der Waals surface area contributed by atoms with E-state index in [1.165, 1.54) is 6.33 Å². The lowest BCUT2D eigenvalue weighted by Crippen LogP contribution is -2.39. The molecule has 1 aliphatic heterocycles. The monoisotopic (exact) mass is 429 g/mol. The summed E-state index contributed by atoms with van der Waals surface area (Å²) in [6.45, 7) is 3.89. The van der Waals surface area contributed by atoms with Crippen LogP contribution in [0.1, 0.15) is 42.4 Å². The summed E-state index contributed by atoms with van der Waals surface area (Å²) in [5, 5.41) is 4.44. The molecule has 1 aromatic carbocycles. The molecule has 8 heteroatoms. The van der Waals surface area contributed by atoms with Gasteiger partial charge in [-0.3, -0.25) is 4.79 Å². The highest BCUT2D eigenvalue weighted by Crippen LogP contribution is 2.29. The Labute approximate surface area is 179 Å². The normalized spacial score (nSPS) is 15.0. The lowest BCUT2D eigenvalue weighted by molar-refractivity contribution is 0.0683. The van der Waals surface area contributed by atoms with Crippen molar-refractivity contribution in [2.75, 3.05) is 25.0 Å². The minimum atomic E-state index is -0.365. The Bertz CT molecular complexity index is 1050. The van der Waals surface area contributed by atoms with E-state index in [1.54, 1.807) is 0 Å². The maximum Gasteiger partial charge on any atom is 0.271 e. The smallest absolute Gasteiger partial charge is 0.271 e. The fraction of sp³-hybridized carbons (Fsp3) is 0.409. The number of piperidine rings is 1. The zero-order valence-corrected chi connectivity index (χ0v) is 17.7. The first-order valence-electron chi connectivity index (χ1n) is 10.4. The lowest BCUT2D eigenvalue weighted by Gasteiger charge is -2.32. The van der Waals surface area contributed by atoms with Crippen LogP contribution in [0.2, 0.25) is 5.02 Å². The third-order valence-corrected chi connectivity index (χ3v) is 6.19. The summed E-state index contributed by atoms with van der Waals surface area (Å²) < 4.78 is 14.2. The number of nitrogens with one attached hydrogen (secondary N) is 2. The van der Waals surface area contributed by atoms with Gasteiger partial charge in [-0.1, -0.05) is 36.7 Å². The largest absolute Gasteiger partial charge is 0.368 e. The number of hydrogen-bond donors (Lipinski definition) is 2. The highest BCUT2D eigenvalue weighted by Gasteiger charge is 2.26. The van der Waals surface area contributed by atoms with E-state index >= 15 is 0 Å². The first-order valence-corrected chi connectivity index (χ1v) is 10.7. The average molecular weight is 430 g/mol. The molecule has 158 valence electrons. The van der Waals surface area contributed by atoms with Crippen molar-refractivity contribution in [1.82, 2.24) is 19.9 Å². The maximum atomic E-state index is 14.2. The molecule has 0 aliphatic carbocycles. The van der Waals surface area contributed by atoms with Crippen molar-refractivity contribution in [3.63, 3.8) is 0 Å². The Kier molecular flexibility index (Phi) is 6.18.